The molecule has 1 spiro atoms. The SMILES string of the molecule is CCN(CC)CC1CC2(CCN(S(=O)(=O)c3ccsc3C(=O)OC)CC2)O1. The number of sulfonamides is 1. The zero-order valence-electron chi connectivity index (χ0n) is 16.1. The highest BCUT2D eigenvalue weighted by Gasteiger charge is 2.49. The standard InChI is InChI=1S/C18H28N2O5S2/c1-4-19(5-2)13-14-12-18(25-14)7-9-20(10-8-18)27(22,23)15-6-11-26-16(15)17(21)24-3/h6,11,14H,4-5,7-10,12-13H2,1-3H3. The van der Waals surface area contributed by atoms with Crippen molar-refractivity contribution in [3.63, 3.8) is 0 Å². The molecular weight excluding hydrogens is 388 g/mol. The monoisotopic (exact) mass is 416 g/mol. The van der Waals surface area contributed by atoms with Gasteiger partial charge >= 0.3 is 5.97 Å². The summed E-state index contributed by atoms with van der Waals surface area (Å²) in [6.07, 6.45) is 2.62. The molecular formula is C18H28N2O5S2. The molecule has 0 amide bonds. The van der Waals surface area contributed by atoms with Crippen LogP contribution in [0.1, 0.15) is 42.8 Å². The first kappa shape index (κ1) is 20.7. The highest BCUT2D eigenvalue weighted by molar-refractivity contribution is 7.89. The molecule has 2 saturated heterocycles. The second kappa shape index (κ2) is 8.16. The number of hydrogen-bond donors (Lipinski definition) is 0. The highest BCUT2D eigenvalue weighted by atomic mass is 32.2. The number of ether oxygens (including phenoxy) is 2. The second-order valence-corrected chi connectivity index (χ2v) is 9.94. The van der Waals surface area contributed by atoms with Crippen LogP contribution >= 0.6 is 11.3 Å². The molecule has 1 aromatic rings. The molecule has 0 aromatic carbocycles. The lowest BCUT2D eigenvalue weighted by molar-refractivity contribution is -0.225. The molecule has 27 heavy (non-hydrogen) atoms. The summed E-state index contributed by atoms with van der Waals surface area (Å²) >= 11 is 1.09. The van der Waals surface area contributed by atoms with Gasteiger partial charge in [-0.2, -0.15) is 4.31 Å². The van der Waals surface area contributed by atoms with Crippen LogP contribution in [0.25, 0.3) is 0 Å². The van der Waals surface area contributed by atoms with Gasteiger partial charge in [0.15, 0.2) is 0 Å². The van der Waals surface area contributed by atoms with Gasteiger partial charge in [0.1, 0.15) is 9.77 Å². The van der Waals surface area contributed by atoms with Crippen LogP contribution in [-0.4, -0.2) is 75.1 Å². The third-order valence-corrected chi connectivity index (χ3v) is 8.59. The van der Waals surface area contributed by atoms with Gasteiger partial charge in [-0.3, -0.25) is 0 Å². The van der Waals surface area contributed by atoms with E-state index in [9.17, 15) is 13.2 Å². The van der Waals surface area contributed by atoms with Gasteiger partial charge in [0.05, 0.1) is 18.8 Å². The molecule has 0 aliphatic carbocycles. The Labute approximate surface area is 165 Å². The van der Waals surface area contributed by atoms with E-state index in [0.717, 1.165) is 37.4 Å². The van der Waals surface area contributed by atoms with E-state index in [-0.39, 0.29) is 21.5 Å². The Kier molecular flexibility index (Phi) is 6.27. The summed E-state index contributed by atoms with van der Waals surface area (Å²) in [6, 6.07) is 1.48. The van der Waals surface area contributed by atoms with Gasteiger partial charge in [-0.25, -0.2) is 13.2 Å². The van der Waals surface area contributed by atoms with Crippen molar-refractivity contribution in [2.45, 2.75) is 49.7 Å². The van der Waals surface area contributed by atoms with Gasteiger partial charge in [-0.15, -0.1) is 11.3 Å². The predicted octanol–water partition coefficient (Wildman–Crippen LogP) is 2.19. The minimum atomic E-state index is -3.70. The predicted molar refractivity (Wildman–Crippen MR) is 104 cm³/mol. The number of carbonyl (C=O) groups is 1. The number of thiophene rings is 1. The van der Waals surface area contributed by atoms with Crippen molar-refractivity contribution in [2.24, 2.45) is 0 Å². The zero-order chi connectivity index (χ0) is 19.7. The van der Waals surface area contributed by atoms with E-state index < -0.39 is 16.0 Å². The minimum absolute atomic E-state index is 0.0456. The van der Waals surface area contributed by atoms with Crippen LogP contribution in [0.15, 0.2) is 16.3 Å². The number of likely N-dealkylation sites (N-methyl/N-ethyl adjacent to an activating group) is 1. The molecule has 0 bridgehead atoms. The Morgan fingerprint density at radius 2 is 2.00 bits per heavy atom. The Hall–Kier alpha value is -1.00. The highest BCUT2D eigenvalue weighted by Crippen LogP contribution is 2.42. The summed E-state index contributed by atoms with van der Waals surface area (Å²) in [5.41, 5.74) is -0.177. The quantitative estimate of drug-likeness (QED) is 0.634. The topological polar surface area (TPSA) is 76.2 Å². The molecule has 0 radical (unpaired) electrons. The van der Waals surface area contributed by atoms with E-state index in [0.29, 0.717) is 25.9 Å². The molecule has 152 valence electrons. The summed E-state index contributed by atoms with van der Waals surface area (Å²) in [5, 5.41) is 1.61. The number of piperidine rings is 1. The third kappa shape index (κ3) is 4.07. The molecule has 1 unspecified atom stereocenters. The van der Waals surface area contributed by atoms with Crippen LogP contribution in [0, 0.1) is 0 Å². The molecule has 2 aliphatic rings. The maximum absolute atomic E-state index is 13.0. The van der Waals surface area contributed by atoms with Crippen LogP contribution in [0.4, 0.5) is 0 Å². The van der Waals surface area contributed by atoms with Crippen LogP contribution in [0.2, 0.25) is 0 Å². The summed E-state index contributed by atoms with van der Waals surface area (Å²) in [7, 11) is -2.44. The average Bonchev–Trinajstić information content (AvgIpc) is 3.15. The maximum atomic E-state index is 13.0. The summed E-state index contributed by atoms with van der Waals surface area (Å²) < 4.78 is 38.3. The van der Waals surface area contributed by atoms with Gasteiger partial charge in [0.25, 0.3) is 0 Å². The van der Waals surface area contributed by atoms with Crippen LogP contribution in [-0.2, 0) is 19.5 Å². The van der Waals surface area contributed by atoms with Gasteiger partial charge in [0, 0.05) is 26.1 Å². The largest absolute Gasteiger partial charge is 0.465 e. The van der Waals surface area contributed by atoms with Crippen molar-refractivity contribution in [2.75, 3.05) is 39.8 Å². The van der Waals surface area contributed by atoms with E-state index in [1.807, 2.05) is 0 Å². The Balaban J connectivity index is 1.60. The fraction of sp³-hybridized carbons (Fsp3) is 0.722. The smallest absolute Gasteiger partial charge is 0.349 e. The van der Waals surface area contributed by atoms with E-state index in [4.69, 9.17) is 9.47 Å². The van der Waals surface area contributed by atoms with Gasteiger partial charge in [-0.05, 0) is 37.4 Å². The molecule has 1 aromatic heterocycles. The average molecular weight is 417 g/mol. The lowest BCUT2D eigenvalue weighted by Gasteiger charge is -2.52. The first-order valence-electron chi connectivity index (χ1n) is 9.41. The van der Waals surface area contributed by atoms with Crippen LogP contribution in [0.5, 0.6) is 0 Å². The Morgan fingerprint density at radius 1 is 1.37 bits per heavy atom. The molecule has 0 N–H and O–H groups in total. The molecule has 0 saturated carbocycles. The molecule has 3 rings (SSSR count). The third-order valence-electron chi connectivity index (χ3n) is 5.62. The fourth-order valence-electron chi connectivity index (χ4n) is 3.97. The molecule has 2 fully saturated rings. The van der Waals surface area contributed by atoms with Crippen molar-refractivity contribution < 1.29 is 22.7 Å². The maximum Gasteiger partial charge on any atom is 0.349 e. The first-order valence-corrected chi connectivity index (χ1v) is 11.7. The fourth-order valence-corrected chi connectivity index (χ4v) is 6.72. The summed E-state index contributed by atoms with van der Waals surface area (Å²) in [4.78, 5) is 14.4. The van der Waals surface area contributed by atoms with Crippen LogP contribution in [0.3, 0.4) is 0 Å². The number of methoxy groups -OCH3 is 1. The minimum Gasteiger partial charge on any atom is -0.465 e. The molecule has 1 atom stereocenters. The zero-order valence-corrected chi connectivity index (χ0v) is 17.8. The van der Waals surface area contributed by atoms with Gasteiger partial charge < -0.3 is 14.4 Å². The van der Waals surface area contributed by atoms with Gasteiger partial charge in [0.2, 0.25) is 10.0 Å². The van der Waals surface area contributed by atoms with E-state index >= 15 is 0 Å². The van der Waals surface area contributed by atoms with E-state index in [1.54, 1.807) is 5.38 Å². The first-order chi connectivity index (χ1) is 12.8. The van der Waals surface area contributed by atoms with E-state index in [1.165, 1.54) is 17.5 Å². The second-order valence-electron chi connectivity index (χ2n) is 7.12. The molecule has 3 heterocycles. The number of carbonyl (C=O) groups excluding carboxylic acids is 1. The summed E-state index contributed by atoms with van der Waals surface area (Å²) in [6.45, 7) is 8.08. The van der Waals surface area contributed by atoms with Crippen molar-refractivity contribution in [1.82, 2.24) is 9.21 Å². The lowest BCUT2D eigenvalue weighted by Crippen LogP contribution is -2.59. The van der Waals surface area contributed by atoms with Gasteiger partial charge in [-0.1, -0.05) is 13.8 Å². The normalized spacial score (nSPS) is 22.7. The number of nitrogens with zero attached hydrogens (tertiary/aromatic N) is 2. The van der Waals surface area contributed by atoms with Crippen molar-refractivity contribution in [3.05, 3.63) is 16.3 Å². The molecule has 7 nitrogen and oxygen atoms in total. The Morgan fingerprint density at radius 3 is 2.56 bits per heavy atom. The molecule has 2 aliphatic heterocycles. The van der Waals surface area contributed by atoms with Crippen molar-refractivity contribution in [1.29, 1.82) is 0 Å². The van der Waals surface area contributed by atoms with E-state index in [2.05, 4.69) is 18.7 Å². The van der Waals surface area contributed by atoms with Crippen LogP contribution < -0.4 is 0 Å². The molecule has 9 heteroatoms. The summed E-state index contributed by atoms with van der Waals surface area (Å²) in [5.74, 6) is -0.612. The number of rotatable bonds is 7. The number of esters is 1. The van der Waals surface area contributed by atoms with Crippen molar-refractivity contribution in [3.8, 4) is 0 Å². The lowest BCUT2D eigenvalue weighted by atomic mass is 9.81. The number of hydrogen-bond acceptors (Lipinski definition) is 7. The Bertz CT molecular complexity index is 756. The van der Waals surface area contributed by atoms with Crippen molar-refractivity contribution >= 4 is 27.3 Å².